The van der Waals surface area contributed by atoms with Crippen molar-refractivity contribution >= 4 is 5.78 Å². The van der Waals surface area contributed by atoms with Crippen molar-refractivity contribution < 1.29 is 14.3 Å². The smallest absolute Gasteiger partial charge is 0.188 e. The van der Waals surface area contributed by atoms with Gasteiger partial charge in [-0.3, -0.25) is 4.79 Å². The van der Waals surface area contributed by atoms with Crippen LogP contribution in [0.3, 0.4) is 0 Å². The number of carbonyl (C=O) groups is 1. The van der Waals surface area contributed by atoms with Gasteiger partial charge in [0, 0.05) is 5.56 Å². The minimum absolute atomic E-state index is 0.0269. The van der Waals surface area contributed by atoms with Crippen LogP contribution in [-0.2, 0) is 17.8 Å². The first-order valence-electron chi connectivity index (χ1n) is 10.3. The quantitative estimate of drug-likeness (QED) is 0.340. The molecule has 2 aromatic rings. The van der Waals surface area contributed by atoms with Gasteiger partial charge in [0.15, 0.2) is 5.78 Å². The van der Waals surface area contributed by atoms with Crippen molar-refractivity contribution in [3.05, 3.63) is 65.2 Å². The number of hydrogen-bond acceptors (Lipinski definition) is 4. The highest BCUT2D eigenvalue weighted by Crippen LogP contribution is 2.24. The van der Waals surface area contributed by atoms with Crippen LogP contribution in [-0.4, -0.2) is 19.0 Å². The van der Waals surface area contributed by atoms with E-state index in [4.69, 9.17) is 14.7 Å². The molecule has 0 aromatic heterocycles. The number of rotatable bonds is 12. The first kappa shape index (κ1) is 22.6. The van der Waals surface area contributed by atoms with Gasteiger partial charge in [0.25, 0.3) is 0 Å². The number of nitriles is 1. The minimum Gasteiger partial charge on any atom is -0.493 e. The van der Waals surface area contributed by atoms with Gasteiger partial charge in [0.05, 0.1) is 24.7 Å². The second-order valence-electron chi connectivity index (χ2n) is 7.88. The van der Waals surface area contributed by atoms with E-state index in [0.717, 1.165) is 42.6 Å². The fraction of sp³-hybridized carbons (Fsp3) is 0.440. The number of hydrogen-bond donors (Lipinski definition) is 0. The molecule has 0 fully saturated rings. The molecular weight excluding hydrogens is 362 g/mol. The number of ketones is 1. The molecule has 0 spiro atoms. The summed E-state index contributed by atoms with van der Waals surface area (Å²) in [5.41, 5.74) is 2.45. The zero-order valence-corrected chi connectivity index (χ0v) is 17.7. The largest absolute Gasteiger partial charge is 0.493 e. The summed E-state index contributed by atoms with van der Waals surface area (Å²) in [5, 5.41) is 9.06. The topological polar surface area (TPSA) is 59.3 Å². The molecule has 0 N–H and O–H groups in total. The van der Waals surface area contributed by atoms with E-state index in [0.29, 0.717) is 18.8 Å². The minimum atomic E-state index is -0.279. The third-order valence-electron chi connectivity index (χ3n) is 4.86. The Hall–Kier alpha value is -2.64. The second-order valence-corrected chi connectivity index (χ2v) is 7.88. The van der Waals surface area contributed by atoms with Gasteiger partial charge in [0.2, 0.25) is 0 Å². The van der Waals surface area contributed by atoms with Crippen LogP contribution in [0.1, 0.15) is 61.5 Å². The molecule has 0 aliphatic rings. The van der Waals surface area contributed by atoms with E-state index in [1.807, 2.05) is 62.4 Å². The van der Waals surface area contributed by atoms with Gasteiger partial charge in [-0.15, -0.1) is 0 Å². The van der Waals surface area contributed by atoms with Crippen LogP contribution in [0.15, 0.2) is 48.5 Å². The van der Waals surface area contributed by atoms with Crippen molar-refractivity contribution in [3.8, 4) is 11.8 Å². The number of nitrogens with zero attached hydrogens (tertiary/aromatic N) is 1. The first-order valence-corrected chi connectivity index (χ1v) is 10.3. The van der Waals surface area contributed by atoms with Crippen molar-refractivity contribution in [3.63, 3.8) is 0 Å². The van der Waals surface area contributed by atoms with Gasteiger partial charge in [-0.2, -0.15) is 5.26 Å². The summed E-state index contributed by atoms with van der Waals surface area (Å²) >= 11 is 0. The van der Waals surface area contributed by atoms with Crippen molar-refractivity contribution in [2.24, 2.45) is 5.41 Å². The molecule has 154 valence electrons. The number of aryl methyl sites for hydroxylation is 1. The Morgan fingerprint density at radius 1 is 1.10 bits per heavy atom. The summed E-state index contributed by atoms with van der Waals surface area (Å²) in [4.78, 5) is 12.4. The number of ether oxygens (including phenoxy) is 2. The van der Waals surface area contributed by atoms with E-state index in [-0.39, 0.29) is 17.8 Å². The lowest BCUT2D eigenvalue weighted by atomic mass is 9.89. The van der Waals surface area contributed by atoms with Gasteiger partial charge in [-0.05, 0) is 68.9 Å². The van der Waals surface area contributed by atoms with Gasteiger partial charge >= 0.3 is 0 Å². The van der Waals surface area contributed by atoms with Crippen LogP contribution in [0.4, 0.5) is 0 Å². The predicted molar refractivity (Wildman–Crippen MR) is 115 cm³/mol. The molecule has 0 saturated heterocycles. The van der Waals surface area contributed by atoms with Crippen LogP contribution in [0, 0.1) is 16.7 Å². The lowest BCUT2D eigenvalue weighted by Gasteiger charge is -2.15. The molecule has 0 saturated carbocycles. The first-order chi connectivity index (χ1) is 13.9. The Morgan fingerprint density at radius 2 is 1.86 bits per heavy atom. The highest BCUT2D eigenvalue weighted by Gasteiger charge is 2.15. The monoisotopic (exact) mass is 393 g/mol. The van der Waals surface area contributed by atoms with Crippen LogP contribution in [0.25, 0.3) is 0 Å². The number of Topliss-reactive ketones (excluding diaryl/α,β-unsaturated/α-hetero) is 1. The van der Waals surface area contributed by atoms with Gasteiger partial charge < -0.3 is 9.47 Å². The summed E-state index contributed by atoms with van der Waals surface area (Å²) in [6, 6.07) is 17.7. The lowest BCUT2D eigenvalue weighted by molar-refractivity contribution is 0.0726. The maximum absolute atomic E-state index is 12.4. The molecule has 0 bridgehead atoms. The third kappa shape index (κ3) is 7.71. The second kappa shape index (κ2) is 11.4. The normalized spacial score (nSPS) is 11.1. The molecule has 0 amide bonds. The molecule has 4 nitrogen and oxygen atoms in total. The number of unbranched alkanes of at least 4 members (excludes halogenated alkanes) is 1. The maximum Gasteiger partial charge on any atom is 0.188 e. The fourth-order valence-electron chi connectivity index (χ4n) is 3.00. The average molecular weight is 394 g/mol. The SMILES string of the molecule is CCc1cc(C(=O)COCc2ccccc2)ccc1OCCCCC(C)(C)C#N. The van der Waals surface area contributed by atoms with Gasteiger partial charge in [-0.1, -0.05) is 37.3 Å². The lowest BCUT2D eigenvalue weighted by Crippen LogP contribution is -2.10. The Labute approximate surface area is 174 Å². The highest BCUT2D eigenvalue weighted by atomic mass is 16.5. The van der Waals surface area contributed by atoms with Gasteiger partial charge in [-0.25, -0.2) is 0 Å². The van der Waals surface area contributed by atoms with Crippen LogP contribution in [0.2, 0.25) is 0 Å². The Morgan fingerprint density at radius 3 is 2.55 bits per heavy atom. The molecule has 0 heterocycles. The Balaban J connectivity index is 1.82. The molecule has 0 aliphatic carbocycles. The zero-order chi connectivity index (χ0) is 21.1. The molecule has 0 atom stereocenters. The molecule has 0 aliphatic heterocycles. The van der Waals surface area contributed by atoms with E-state index in [1.165, 1.54) is 0 Å². The summed E-state index contributed by atoms with van der Waals surface area (Å²) in [7, 11) is 0. The third-order valence-corrected chi connectivity index (χ3v) is 4.86. The van der Waals surface area contributed by atoms with E-state index in [2.05, 4.69) is 13.0 Å². The van der Waals surface area contributed by atoms with Crippen molar-refractivity contribution in [2.75, 3.05) is 13.2 Å². The fourth-order valence-corrected chi connectivity index (χ4v) is 3.00. The summed E-state index contributed by atoms with van der Waals surface area (Å²) in [5.74, 6) is 0.801. The number of carbonyl (C=O) groups excluding carboxylic acids is 1. The zero-order valence-electron chi connectivity index (χ0n) is 17.7. The van der Waals surface area contributed by atoms with Crippen LogP contribution in [0.5, 0.6) is 5.75 Å². The maximum atomic E-state index is 12.4. The molecule has 2 rings (SSSR count). The Kier molecular flexibility index (Phi) is 8.89. The van der Waals surface area contributed by atoms with Crippen LogP contribution < -0.4 is 4.74 Å². The predicted octanol–water partition coefficient (Wildman–Crippen LogP) is 5.75. The summed E-state index contributed by atoms with van der Waals surface area (Å²) in [6.45, 7) is 7.08. The van der Waals surface area contributed by atoms with E-state index in [9.17, 15) is 4.79 Å². The molecule has 2 aromatic carbocycles. The van der Waals surface area contributed by atoms with E-state index >= 15 is 0 Å². The Bertz CT molecular complexity index is 822. The molecule has 0 radical (unpaired) electrons. The van der Waals surface area contributed by atoms with Gasteiger partial charge in [0.1, 0.15) is 12.4 Å². The molecule has 0 unspecified atom stereocenters. The number of benzene rings is 2. The van der Waals surface area contributed by atoms with Crippen LogP contribution >= 0.6 is 0 Å². The summed E-state index contributed by atoms with van der Waals surface area (Å²) < 4.78 is 11.5. The average Bonchev–Trinajstić information content (AvgIpc) is 2.74. The van der Waals surface area contributed by atoms with Crippen molar-refractivity contribution in [1.29, 1.82) is 5.26 Å². The van der Waals surface area contributed by atoms with E-state index < -0.39 is 0 Å². The van der Waals surface area contributed by atoms with Crippen molar-refractivity contribution in [2.45, 2.75) is 53.1 Å². The van der Waals surface area contributed by atoms with Crippen molar-refractivity contribution in [1.82, 2.24) is 0 Å². The molecular formula is C25H31NO3. The standard InChI is InChI=1S/C25H31NO3/c1-4-21-16-22(23(27)18-28-17-20-10-6-5-7-11-20)12-13-24(21)29-15-9-8-14-25(2,3)19-26/h5-7,10-13,16H,4,8-9,14-15,17-18H2,1-3H3. The summed E-state index contributed by atoms with van der Waals surface area (Å²) in [6.07, 6.45) is 3.52. The van der Waals surface area contributed by atoms with E-state index in [1.54, 1.807) is 0 Å². The molecule has 29 heavy (non-hydrogen) atoms. The highest BCUT2D eigenvalue weighted by molar-refractivity contribution is 5.97. The molecule has 4 heteroatoms.